The molecule has 0 saturated carbocycles. The molecule has 1 aromatic rings. The molecule has 1 aromatic heterocycles. The molecule has 2 rings (SSSR count). The molecule has 10 heteroatoms. The van der Waals surface area contributed by atoms with Crippen LogP contribution in [-0.2, 0) is 14.8 Å². The maximum absolute atomic E-state index is 12.0. The molecule has 3 N–H and O–H groups in total. The first kappa shape index (κ1) is 22.6. The lowest BCUT2D eigenvalue weighted by atomic mass is 10.0. The van der Waals surface area contributed by atoms with Gasteiger partial charge in [0.25, 0.3) is 0 Å². The second-order valence-electron chi connectivity index (χ2n) is 5.85. The molecule has 7 nitrogen and oxygen atoms in total. The number of hydrogen-bond donors (Lipinski definition) is 3. The van der Waals surface area contributed by atoms with Crippen LogP contribution in [0.2, 0.25) is 0 Å². The van der Waals surface area contributed by atoms with Gasteiger partial charge in [0.15, 0.2) is 5.96 Å². The van der Waals surface area contributed by atoms with Gasteiger partial charge < -0.3 is 15.4 Å². The zero-order chi connectivity index (χ0) is 17.5. The van der Waals surface area contributed by atoms with Gasteiger partial charge in [0, 0.05) is 26.2 Å². The van der Waals surface area contributed by atoms with Gasteiger partial charge in [-0.25, -0.2) is 13.1 Å². The predicted molar refractivity (Wildman–Crippen MR) is 112 cm³/mol. The van der Waals surface area contributed by atoms with Gasteiger partial charge in [0.2, 0.25) is 10.0 Å². The van der Waals surface area contributed by atoms with Crippen LogP contribution in [0.4, 0.5) is 0 Å². The average Bonchev–Trinajstić information content (AvgIpc) is 3.21. The van der Waals surface area contributed by atoms with Gasteiger partial charge in [-0.3, -0.25) is 4.99 Å². The Hall–Kier alpha value is -0.430. The summed E-state index contributed by atoms with van der Waals surface area (Å²) in [6.45, 7) is 6.92. The van der Waals surface area contributed by atoms with Crippen molar-refractivity contribution in [1.29, 1.82) is 0 Å². The molecular weight excluding hydrogens is 475 g/mol. The summed E-state index contributed by atoms with van der Waals surface area (Å²) in [5, 5.41) is 8.04. The van der Waals surface area contributed by atoms with Crippen LogP contribution in [-0.4, -0.2) is 52.8 Å². The summed E-state index contributed by atoms with van der Waals surface area (Å²) in [5.41, 5.74) is -0.191. The molecule has 1 saturated heterocycles. The van der Waals surface area contributed by atoms with E-state index in [0.717, 1.165) is 26.0 Å². The summed E-state index contributed by atoms with van der Waals surface area (Å²) >= 11 is 1.20. The van der Waals surface area contributed by atoms with E-state index < -0.39 is 10.0 Å². The standard InChI is InChI=1S/C15H26N4O3S2.HI/c1-3-16-14(18-12-15(2)7-5-10-22-15)17-8-9-19-24(20,21)13-6-4-11-23-13;/h4,6,11,19H,3,5,7-10,12H2,1-2H3,(H2,16,17,18);1H. The number of nitrogens with zero attached hydrogens (tertiary/aromatic N) is 1. The molecule has 2 heterocycles. The zero-order valence-electron chi connectivity index (χ0n) is 14.6. The Labute approximate surface area is 171 Å². The van der Waals surface area contributed by atoms with Gasteiger partial charge in [0.05, 0.1) is 12.1 Å². The molecule has 0 spiro atoms. The SMILES string of the molecule is CCNC(=NCC1(C)CCCO1)NCCNS(=O)(=O)c1cccs1.I. The molecule has 1 aliphatic rings. The number of nitrogens with one attached hydrogen (secondary N) is 3. The molecule has 0 amide bonds. The average molecular weight is 502 g/mol. The number of rotatable bonds is 8. The van der Waals surface area contributed by atoms with E-state index in [-0.39, 0.29) is 29.6 Å². The van der Waals surface area contributed by atoms with Crippen LogP contribution in [0.5, 0.6) is 0 Å². The van der Waals surface area contributed by atoms with E-state index in [1.54, 1.807) is 17.5 Å². The van der Waals surface area contributed by atoms with Crippen LogP contribution in [0.1, 0.15) is 26.7 Å². The Kier molecular flexibility index (Phi) is 9.64. The van der Waals surface area contributed by atoms with Crippen LogP contribution in [0.3, 0.4) is 0 Å². The Morgan fingerprint density at radius 2 is 2.20 bits per heavy atom. The number of hydrogen-bond acceptors (Lipinski definition) is 5. The third kappa shape index (κ3) is 7.37. The number of halogens is 1. The maximum atomic E-state index is 12.0. The van der Waals surface area contributed by atoms with E-state index in [2.05, 4.69) is 27.3 Å². The fraction of sp³-hybridized carbons (Fsp3) is 0.667. The molecule has 1 unspecified atom stereocenters. The highest BCUT2D eigenvalue weighted by atomic mass is 127. The van der Waals surface area contributed by atoms with Crippen LogP contribution >= 0.6 is 35.3 Å². The highest BCUT2D eigenvalue weighted by molar-refractivity contribution is 14.0. The van der Waals surface area contributed by atoms with E-state index in [0.29, 0.717) is 29.8 Å². The van der Waals surface area contributed by atoms with Crippen molar-refractivity contribution in [3.05, 3.63) is 17.5 Å². The minimum Gasteiger partial charge on any atom is -0.373 e. The largest absolute Gasteiger partial charge is 0.373 e. The smallest absolute Gasteiger partial charge is 0.250 e. The lowest BCUT2D eigenvalue weighted by molar-refractivity contribution is 0.0283. The first-order valence-electron chi connectivity index (χ1n) is 8.14. The summed E-state index contributed by atoms with van der Waals surface area (Å²) in [7, 11) is -3.41. The Balaban J connectivity index is 0.00000312. The van der Waals surface area contributed by atoms with Crippen molar-refractivity contribution >= 4 is 51.3 Å². The molecule has 0 aromatic carbocycles. The summed E-state index contributed by atoms with van der Waals surface area (Å²) in [6, 6.07) is 3.31. The molecule has 0 radical (unpaired) electrons. The van der Waals surface area contributed by atoms with Crippen molar-refractivity contribution in [2.75, 3.05) is 32.8 Å². The van der Waals surface area contributed by atoms with Crippen molar-refractivity contribution < 1.29 is 13.2 Å². The Morgan fingerprint density at radius 1 is 1.40 bits per heavy atom. The number of guanidine groups is 1. The summed E-state index contributed by atoms with van der Waals surface area (Å²) in [5.74, 6) is 0.671. The normalized spacial score (nSPS) is 21.0. The summed E-state index contributed by atoms with van der Waals surface area (Å²) in [4.78, 5) is 4.55. The van der Waals surface area contributed by atoms with Crippen molar-refractivity contribution in [3.63, 3.8) is 0 Å². The molecule has 144 valence electrons. The number of ether oxygens (including phenoxy) is 1. The van der Waals surface area contributed by atoms with Gasteiger partial charge in [-0.1, -0.05) is 6.07 Å². The van der Waals surface area contributed by atoms with Crippen LogP contribution < -0.4 is 15.4 Å². The fourth-order valence-electron chi connectivity index (χ4n) is 2.40. The first-order chi connectivity index (χ1) is 11.5. The van der Waals surface area contributed by atoms with E-state index in [1.165, 1.54) is 11.3 Å². The molecule has 0 bridgehead atoms. The monoisotopic (exact) mass is 502 g/mol. The van der Waals surface area contributed by atoms with E-state index >= 15 is 0 Å². The van der Waals surface area contributed by atoms with Crippen molar-refractivity contribution in [3.8, 4) is 0 Å². The lowest BCUT2D eigenvalue weighted by Gasteiger charge is -2.21. The lowest BCUT2D eigenvalue weighted by Crippen LogP contribution is -2.42. The molecule has 1 aliphatic heterocycles. The van der Waals surface area contributed by atoms with Gasteiger partial charge in [-0.15, -0.1) is 35.3 Å². The highest BCUT2D eigenvalue weighted by Crippen LogP contribution is 2.24. The van der Waals surface area contributed by atoms with E-state index in [1.807, 2.05) is 6.92 Å². The van der Waals surface area contributed by atoms with Gasteiger partial charge >= 0.3 is 0 Å². The van der Waals surface area contributed by atoms with Gasteiger partial charge in [-0.05, 0) is 38.1 Å². The van der Waals surface area contributed by atoms with Crippen LogP contribution in [0.25, 0.3) is 0 Å². The Bertz CT molecular complexity index is 629. The molecular formula is C15H27IN4O3S2. The molecule has 1 atom stereocenters. The van der Waals surface area contributed by atoms with Crippen molar-refractivity contribution in [1.82, 2.24) is 15.4 Å². The summed E-state index contributed by atoms with van der Waals surface area (Å²) < 4.78 is 32.7. The minimum absolute atomic E-state index is 0. The number of thiophene rings is 1. The molecule has 25 heavy (non-hydrogen) atoms. The third-order valence-corrected chi connectivity index (χ3v) is 6.54. The first-order valence-corrected chi connectivity index (χ1v) is 10.5. The zero-order valence-corrected chi connectivity index (χ0v) is 18.5. The number of sulfonamides is 1. The quantitative estimate of drug-likeness (QED) is 0.218. The highest BCUT2D eigenvalue weighted by Gasteiger charge is 2.29. The maximum Gasteiger partial charge on any atom is 0.250 e. The molecule has 0 aliphatic carbocycles. The number of aliphatic imine (C=N–C) groups is 1. The topological polar surface area (TPSA) is 91.8 Å². The fourth-order valence-corrected chi connectivity index (χ4v) is 4.47. The van der Waals surface area contributed by atoms with Crippen LogP contribution in [0.15, 0.2) is 26.7 Å². The Morgan fingerprint density at radius 3 is 2.80 bits per heavy atom. The van der Waals surface area contributed by atoms with E-state index in [4.69, 9.17) is 4.74 Å². The van der Waals surface area contributed by atoms with Gasteiger partial charge in [0.1, 0.15) is 4.21 Å². The second-order valence-corrected chi connectivity index (χ2v) is 8.80. The van der Waals surface area contributed by atoms with Crippen molar-refractivity contribution in [2.24, 2.45) is 4.99 Å². The second kappa shape index (κ2) is 10.7. The predicted octanol–water partition coefficient (Wildman–Crippen LogP) is 1.77. The molecule has 1 fully saturated rings. The third-order valence-electron chi connectivity index (χ3n) is 3.69. The van der Waals surface area contributed by atoms with E-state index in [9.17, 15) is 8.42 Å². The minimum atomic E-state index is -3.41. The van der Waals surface area contributed by atoms with Crippen LogP contribution in [0, 0.1) is 0 Å². The van der Waals surface area contributed by atoms with Crippen molar-refractivity contribution in [2.45, 2.75) is 36.5 Å². The summed E-state index contributed by atoms with van der Waals surface area (Å²) in [6.07, 6.45) is 2.08. The van der Waals surface area contributed by atoms with Gasteiger partial charge in [-0.2, -0.15) is 0 Å².